The Morgan fingerprint density at radius 1 is 1.08 bits per heavy atom. The van der Waals surface area contributed by atoms with Crippen LogP contribution in [0.3, 0.4) is 0 Å². The fraction of sp³-hybridized carbons (Fsp3) is 0.250. The number of benzene rings is 2. The molecule has 2 aromatic carbocycles. The summed E-state index contributed by atoms with van der Waals surface area (Å²) in [4.78, 5) is 10.1. The molecular formula is C16H18ClN3O4S. The van der Waals surface area contributed by atoms with E-state index in [9.17, 15) is 18.5 Å². The van der Waals surface area contributed by atoms with Gasteiger partial charge >= 0.3 is 0 Å². The number of nitrogens with one attached hydrogen (secondary N) is 2. The molecule has 0 spiro atoms. The zero-order valence-electron chi connectivity index (χ0n) is 13.3. The van der Waals surface area contributed by atoms with Crippen LogP contribution in [-0.4, -0.2) is 26.4 Å². The van der Waals surface area contributed by atoms with Crippen molar-refractivity contribution < 1.29 is 13.3 Å². The largest absolute Gasteiger partial charge is 0.384 e. The molecule has 0 aliphatic rings. The highest BCUT2D eigenvalue weighted by molar-refractivity contribution is 7.88. The molecule has 0 unspecified atom stereocenters. The highest BCUT2D eigenvalue weighted by Gasteiger charge is 2.11. The first kappa shape index (κ1) is 19.2. The number of halogens is 1. The molecule has 0 heterocycles. The normalized spacial score (nSPS) is 11.2. The van der Waals surface area contributed by atoms with Gasteiger partial charge in [0.2, 0.25) is 10.0 Å². The smallest absolute Gasteiger partial charge is 0.271 e. The molecule has 7 nitrogen and oxygen atoms in total. The highest BCUT2D eigenvalue weighted by atomic mass is 35.5. The molecule has 25 heavy (non-hydrogen) atoms. The van der Waals surface area contributed by atoms with E-state index in [1.165, 1.54) is 18.2 Å². The van der Waals surface area contributed by atoms with Crippen molar-refractivity contribution in [3.8, 4) is 0 Å². The van der Waals surface area contributed by atoms with E-state index in [0.29, 0.717) is 18.7 Å². The molecule has 2 aromatic rings. The van der Waals surface area contributed by atoms with Crippen molar-refractivity contribution >= 4 is 33.0 Å². The van der Waals surface area contributed by atoms with Crippen LogP contribution in [0.5, 0.6) is 0 Å². The summed E-state index contributed by atoms with van der Waals surface area (Å²) in [6.07, 6.45) is 0.543. The van der Waals surface area contributed by atoms with Gasteiger partial charge in [0.1, 0.15) is 0 Å². The lowest BCUT2D eigenvalue weighted by molar-refractivity contribution is -0.384. The number of nitro benzene ring substituents is 1. The second-order valence-corrected chi connectivity index (χ2v) is 7.55. The molecule has 0 saturated heterocycles. The summed E-state index contributed by atoms with van der Waals surface area (Å²) in [5.74, 6) is -0.0601. The second-order valence-electron chi connectivity index (χ2n) is 5.34. The van der Waals surface area contributed by atoms with Crippen LogP contribution in [0.2, 0.25) is 5.02 Å². The Bertz CT molecular complexity index is 829. The van der Waals surface area contributed by atoms with Gasteiger partial charge in [-0.1, -0.05) is 41.9 Å². The number of nitro groups is 1. The third kappa shape index (κ3) is 6.33. The molecule has 0 amide bonds. The van der Waals surface area contributed by atoms with Gasteiger partial charge in [-0.15, -0.1) is 0 Å². The van der Waals surface area contributed by atoms with E-state index in [4.69, 9.17) is 11.6 Å². The Balaban J connectivity index is 1.75. The van der Waals surface area contributed by atoms with E-state index < -0.39 is 14.9 Å². The maximum absolute atomic E-state index is 12.0. The summed E-state index contributed by atoms with van der Waals surface area (Å²) in [6, 6.07) is 13.1. The first-order valence-corrected chi connectivity index (χ1v) is 9.59. The molecule has 2 rings (SSSR count). The first-order chi connectivity index (χ1) is 11.9. The van der Waals surface area contributed by atoms with E-state index in [1.54, 1.807) is 24.3 Å². The lowest BCUT2D eigenvalue weighted by Gasteiger charge is -2.09. The zero-order chi connectivity index (χ0) is 18.3. The van der Waals surface area contributed by atoms with Crippen molar-refractivity contribution in [2.45, 2.75) is 12.2 Å². The van der Waals surface area contributed by atoms with Crippen LogP contribution in [0.15, 0.2) is 48.5 Å². The Hall–Kier alpha value is -2.16. The van der Waals surface area contributed by atoms with Crippen LogP contribution < -0.4 is 10.0 Å². The molecule has 134 valence electrons. The van der Waals surface area contributed by atoms with Crippen LogP contribution in [0, 0.1) is 10.1 Å². The van der Waals surface area contributed by atoms with Crippen LogP contribution >= 0.6 is 11.6 Å². The monoisotopic (exact) mass is 383 g/mol. The quantitative estimate of drug-likeness (QED) is 0.393. The molecular weight excluding hydrogens is 366 g/mol. The standard InChI is InChI=1S/C16H18ClN3O4S/c17-15-11-14(20(21)22)7-8-16(15)18-9-4-10-19-25(23,24)12-13-5-2-1-3-6-13/h1-3,5-8,11,18-19H,4,9-10,12H2. The van der Waals surface area contributed by atoms with Gasteiger partial charge < -0.3 is 5.32 Å². The number of rotatable bonds is 9. The zero-order valence-corrected chi connectivity index (χ0v) is 14.9. The summed E-state index contributed by atoms with van der Waals surface area (Å²) in [5.41, 5.74) is 1.22. The summed E-state index contributed by atoms with van der Waals surface area (Å²) in [5, 5.41) is 13.9. The molecule has 0 aliphatic heterocycles. The van der Waals surface area contributed by atoms with Gasteiger partial charge in [0.15, 0.2) is 0 Å². The number of sulfonamides is 1. The predicted molar refractivity (Wildman–Crippen MR) is 98.3 cm³/mol. The SMILES string of the molecule is O=[N+]([O-])c1ccc(NCCCNS(=O)(=O)Cc2ccccc2)c(Cl)c1. The molecule has 0 fully saturated rings. The summed E-state index contributed by atoms with van der Waals surface area (Å²) in [6.45, 7) is 0.762. The van der Waals surface area contributed by atoms with Crippen molar-refractivity contribution in [1.82, 2.24) is 4.72 Å². The lowest BCUT2D eigenvalue weighted by Crippen LogP contribution is -2.27. The maximum Gasteiger partial charge on any atom is 0.271 e. The number of anilines is 1. The minimum Gasteiger partial charge on any atom is -0.384 e. The minimum absolute atomic E-state index is 0.0601. The van der Waals surface area contributed by atoms with E-state index in [1.807, 2.05) is 6.07 Å². The van der Waals surface area contributed by atoms with Gasteiger partial charge in [-0.25, -0.2) is 13.1 Å². The average Bonchev–Trinajstić information content (AvgIpc) is 2.56. The topological polar surface area (TPSA) is 101 Å². The van der Waals surface area contributed by atoms with Gasteiger partial charge in [0.25, 0.3) is 5.69 Å². The molecule has 0 saturated carbocycles. The maximum atomic E-state index is 12.0. The molecule has 0 aromatic heterocycles. The Morgan fingerprint density at radius 2 is 1.80 bits per heavy atom. The molecule has 9 heteroatoms. The molecule has 0 radical (unpaired) electrons. The Labute approximate surface area is 151 Å². The van der Waals surface area contributed by atoms with Gasteiger partial charge in [-0.2, -0.15) is 0 Å². The summed E-state index contributed by atoms with van der Waals surface area (Å²) >= 11 is 5.97. The minimum atomic E-state index is -3.38. The third-order valence-electron chi connectivity index (χ3n) is 3.35. The third-order valence-corrected chi connectivity index (χ3v) is 5.02. The number of non-ortho nitro benzene ring substituents is 1. The van der Waals surface area contributed by atoms with Crippen LogP contribution in [0.25, 0.3) is 0 Å². The fourth-order valence-corrected chi connectivity index (χ4v) is 3.58. The van der Waals surface area contributed by atoms with Gasteiger partial charge in [-0.3, -0.25) is 10.1 Å². The van der Waals surface area contributed by atoms with Crippen molar-refractivity contribution in [1.29, 1.82) is 0 Å². The number of hydrogen-bond donors (Lipinski definition) is 2. The van der Waals surface area contributed by atoms with Crippen molar-refractivity contribution in [2.24, 2.45) is 0 Å². The van der Waals surface area contributed by atoms with E-state index >= 15 is 0 Å². The van der Waals surface area contributed by atoms with E-state index in [0.717, 1.165) is 5.56 Å². The summed E-state index contributed by atoms with van der Waals surface area (Å²) < 4.78 is 26.5. The van der Waals surface area contributed by atoms with Crippen molar-refractivity contribution in [2.75, 3.05) is 18.4 Å². The molecule has 0 aliphatic carbocycles. The molecule has 0 bridgehead atoms. The average molecular weight is 384 g/mol. The van der Waals surface area contributed by atoms with Gasteiger partial charge in [0.05, 0.1) is 21.4 Å². The number of hydrogen-bond acceptors (Lipinski definition) is 5. The van der Waals surface area contributed by atoms with Crippen LogP contribution in [-0.2, 0) is 15.8 Å². The first-order valence-electron chi connectivity index (χ1n) is 7.56. The second kappa shape index (κ2) is 8.80. The van der Waals surface area contributed by atoms with E-state index in [2.05, 4.69) is 10.0 Å². The van der Waals surface area contributed by atoms with Gasteiger partial charge in [0, 0.05) is 25.2 Å². The van der Waals surface area contributed by atoms with Crippen LogP contribution in [0.1, 0.15) is 12.0 Å². The highest BCUT2D eigenvalue weighted by Crippen LogP contribution is 2.26. The molecule has 0 atom stereocenters. The predicted octanol–water partition coefficient (Wildman–Crippen LogP) is 3.17. The number of nitrogens with zero attached hydrogens (tertiary/aromatic N) is 1. The molecule has 2 N–H and O–H groups in total. The Morgan fingerprint density at radius 3 is 2.44 bits per heavy atom. The van der Waals surface area contributed by atoms with Crippen molar-refractivity contribution in [3.05, 3.63) is 69.2 Å². The van der Waals surface area contributed by atoms with Crippen LogP contribution in [0.4, 0.5) is 11.4 Å². The summed E-state index contributed by atoms with van der Waals surface area (Å²) in [7, 11) is -3.38. The Kier molecular flexibility index (Phi) is 6.74. The van der Waals surface area contributed by atoms with Crippen molar-refractivity contribution in [3.63, 3.8) is 0 Å². The lowest BCUT2D eigenvalue weighted by atomic mass is 10.2. The van der Waals surface area contributed by atoms with E-state index in [-0.39, 0.29) is 23.0 Å². The van der Waals surface area contributed by atoms with Gasteiger partial charge in [-0.05, 0) is 18.1 Å². The fourth-order valence-electron chi connectivity index (χ4n) is 2.14.